The molecule has 0 atom stereocenters. The summed E-state index contributed by atoms with van der Waals surface area (Å²) < 4.78 is 5.40. The minimum atomic E-state index is 0.229. The summed E-state index contributed by atoms with van der Waals surface area (Å²) >= 11 is 1.60. The lowest BCUT2D eigenvalue weighted by Crippen LogP contribution is -2.48. The average Bonchev–Trinajstić information content (AvgIpc) is 3.39. The van der Waals surface area contributed by atoms with Gasteiger partial charge in [0, 0.05) is 56.9 Å². The number of piperazine rings is 1. The molecule has 3 aromatic rings. The fourth-order valence-electron chi connectivity index (χ4n) is 3.23. The van der Waals surface area contributed by atoms with Crippen LogP contribution in [0.2, 0.25) is 0 Å². The molecule has 0 spiro atoms. The second-order valence-electron chi connectivity index (χ2n) is 6.64. The van der Waals surface area contributed by atoms with E-state index in [4.69, 9.17) is 4.42 Å². The first-order valence-corrected chi connectivity index (χ1v) is 10.0. The molecule has 1 aliphatic heterocycles. The van der Waals surface area contributed by atoms with Crippen molar-refractivity contribution in [3.8, 4) is 10.8 Å². The molecule has 0 saturated carbocycles. The van der Waals surface area contributed by atoms with E-state index < -0.39 is 0 Å². The molecule has 0 unspecified atom stereocenters. The molecule has 1 fully saturated rings. The highest BCUT2D eigenvalue weighted by Crippen LogP contribution is 2.24. The van der Waals surface area contributed by atoms with Gasteiger partial charge < -0.3 is 9.32 Å². The normalized spacial score (nSPS) is 15.2. The van der Waals surface area contributed by atoms with Crippen LogP contribution in [-0.4, -0.2) is 51.9 Å². The van der Waals surface area contributed by atoms with Crippen molar-refractivity contribution in [3.05, 3.63) is 59.6 Å². The summed E-state index contributed by atoms with van der Waals surface area (Å²) in [7, 11) is 0. The van der Waals surface area contributed by atoms with Crippen molar-refractivity contribution in [2.24, 2.45) is 0 Å². The Labute approximate surface area is 162 Å². The number of aryl methyl sites for hydroxylation is 1. The largest absolute Gasteiger partial charge is 0.462 e. The minimum absolute atomic E-state index is 0.229. The van der Waals surface area contributed by atoms with E-state index >= 15 is 0 Å². The zero-order chi connectivity index (χ0) is 18.5. The summed E-state index contributed by atoms with van der Waals surface area (Å²) in [5.41, 5.74) is 2.17. The van der Waals surface area contributed by atoms with E-state index in [-0.39, 0.29) is 5.91 Å². The quantitative estimate of drug-likeness (QED) is 0.656. The third-order valence-electron chi connectivity index (χ3n) is 4.74. The molecule has 27 heavy (non-hydrogen) atoms. The van der Waals surface area contributed by atoms with Crippen LogP contribution in [0.5, 0.6) is 0 Å². The predicted molar refractivity (Wildman–Crippen MR) is 104 cm³/mol. The van der Waals surface area contributed by atoms with Crippen molar-refractivity contribution in [2.45, 2.75) is 19.4 Å². The Kier molecular flexibility index (Phi) is 5.60. The van der Waals surface area contributed by atoms with Crippen LogP contribution in [0.3, 0.4) is 0 Å². The van der Waals surface area contributed by atoms with E-state index in [0.717, 1.165) is 61.2 Å². The van der Waals surface area contributed by atoms with Crippen molar-refractivity contribution >= 4 is 17.2 Å². The van der Waals surface area contributed by atoms with Gasteiger partial charge in [0.2, 0.25) is 5.91 Å². The van der Waals surface area contributed by atoms with E-state index in [1.165, 1.54) is 0 Å². The van der Waals surface area contributed by atoms with Crippen molar-refractivity contribution in [1.29, 1.82) is 0 Å². The Morgan fingerprint density at radius 2 is 2.07 bits per heavy atom. The number of aromatic nitrogens is 2. The summed E-state index contributed by atoms with van der Waals surface area (Å²) in [5, 5.41) is 3.00. The highest BCUT2D eigenvalue weighted by Gasteiger charge is 2.21. The van der Waals surface area contributed by atoms with Gasteiger partial charge >= 0.3 is 0 Å². The van der Waals surface area contributed by atoms with Gasteiger partial charge in [0.05, 0.1) is 12.0 Å². The van der Waals surface area contributed by atoms with E-state index in [0.29, 0.717) is 6.42 Å². The van der Waals surface area contributed by atoms with Gasteiger partial charge in [0.1, 0.15) is 0 Å². The Hall–Kier alpha value is -2.51. The Morgan fingerprint density at radius 1 is 1.19 bits per heavy atom. The maximum Gasteiger partial charge on any atom is 0.222 e. The molecule has 0 bridgehead atoms. The summed E-state index contributed by atoms with van der Waals surface area (Å²) in [6, 6.07) is 7.73. The van der Waals surface area contributed by atoms with E-state index in [1.54, 1.807) is 23.8 Å². The van der Waals surface area contributed by atoms with Gasteiger partial charge in [-0.3, -0.25) is 14.7 Å². The van der Waals surface area contributed by atoms with Gasteiger partial charge in [0.25, 0.3) is 0 Å². The number of rotatable bonds is 6. The first kappa shape index (κ1) is 17.9. The molecule has 0 aliphatic carbocycles. The van der Waals surface area contributed by atoms with Crippen molar-refractivity contribution in [2.75, 3.05) is 26.2 Å². The number of furan rings is 1. The molecule has 0 N–H and O–H groups in total. The number of thiazole rings is 1. The first-order chi connectivity index (χ1) is 13.3. The number of carbonyl (C=O) groups excluding carboxylic acids is 1. The van der Waals surface area contributed by atoms with Crippen LogP contribution in [0.4, 0.5) is 0 Å². The molecular weight excluding hydrogens is 360 g/mol. The molecule has 7 heteroatoms. The van der Waals surface area contributed by atoms with Crippen LogP contribution in [-0.2, 0) is 17.8 Å². The maximum absolute atomic E-state index is 12.4. The lowest BCUT2D eigenvalue weighted by Gasteiger charge is -2.34. The number of pyridine rings is 1. The van der Waals surface area contributed by atoms with Crippen LogP contribution in [0.1, 0.15) is 17.7 Å². The number of hydrogen-bond acceptors (Lipinski definition) is 6. The Balaban J connectivity index is 1.23. The third kappa shape index (κ3) is 4.61. The standard InChI is InChI=1S/C20H22N4O2S/c25-19(6-5-16-3-1-7-21-13-16)24-10-8-23(9-11-24)14-17-15-27-20(22-17)18-4-2-12-26-18/h1-4,7,12-13,15H,5-6,8-11,14H2. The Bertz CT molecular complexity index is 855. The smallest absolute Gasteiger partial charge is 0.222 e. The molecule has 4 heterocycles. The SMILES string of the molecule is O=C(CCc1cccnc1)N1CCN(Cc2csc(-c3ccco3)n2)CC1. The lowest BCUT2D eigenvalue weighted by atomic mass is 10.1. The zero-order valence-electron chi connectivity index (χ0n) is 15.1. The van der Waals surface area contributed by atoms with Crippen LogP contribution in [0, 0.1) is 0 Å². The molecule has 0 aromatic carbocycles. The summed E-state index contributed by atoms with van der Waals surface area (Å²) in [5.74, 6) is 1.04. The molecule has 1 amide bonds. The number of hydrogen-bond donors (Lipinski definition) is 0. The fraction of sp³-hybridized carbons (Fsp3) is 0.350. The lowest BCUT2D eigenvalue weighted by molar-refractivity contribution is -0.133. The fourth-order valence-corrected chi connectivity index (χ4v) is 4.01. The van der Waals surface area contributed by atoms with Gasteiger partial charge in [-0.05, 0) is 30.2 Å². The van der Waals surface area contributed by atoms with Gasteiger partial charge in [0.15, 0.2) is 10.8 Å². The van der Waals surface area contributed by atoms with Gasteiger partial charge in [-0.15, -0.1) is 11.3 Å². The predicted octanol–water partition coefficient (Wildman–Crippen LogP) is 3.08. The number of carbonyl (C=O) groups is 1. The van der Waals surface area contributed by atoms with Crippen molar-refractivity contribution < 1.29 is 9.21 Å². The van der Waals surface area contributed by atoms with Crippen LogP contribution in [0.25, 0.3) is 10.8 Å². The molecule has 6 nitrogen and oxygen atoms in total. The van der Waals surface area contributed by atoms with Gasteiger partial charge in [-0.1, -0.05) is 6.07 Å². The third-order valence-corrected chi connectivity index (χ3v) is 5.65. The van der Waals surface area contributed by atoms with Crippen molar-refractivity contribution in [1.82, 2.24) is 19.8 Å². The molecular formula is C20H22N4O2S. The monoisotopic (exact) mass is 382 g/mol. The topological polar surface area (TPSA) is 62.5 Å². The molecule has 4 rings (SSSR count). The first-order valence-electron chi connectivity index (χ1n) is 9.15. The second-order valence-corrected chi connectivity index (χ2v) is 7.50. The molecule has 3 aromatic heterocycles. The molecule has 1 aliphatic rings. The van der Waals surface area contributed by atoms with Crippen LogP contribution < -0.4 is 0 Å². The van der Waals surface area contributed by atoms with Crippen molar-refractivity contribution in [3.63, 3.8) is 0 Å². The second kappa shape index (κ2) is 8.45. The van der Waals surface area contributed by atoms with E-state index in [1.807, 2.05) is 35.4 Å². The molecule has 1 saturated heterocycles. The molecule has 0 radical (unpaired) electrons. The summed E-state index contributed by atoms with van der Waals surface area (Å²) in [6.07, 6.45) is 6.55. The van der Waals surface area contributed by atoms with Gasteiger partial charge in [-0.2, -0.15) is 0 Å². The van der Waals surface area contributed by atoms with E-state index in [9.17, 15) is 4.79 Å². The number of amides is 1. The van der Waals surface area contributed by atoms with Crippen LogP contribution >= 0.6 is 11.3 Å². The highest BCUT2D eigenvalue weighted by molar-refractivity contribution is 7.13. The zero-order valence-corrected chi connectivity index (χ0v) is 15.9. The highest BCUT2D eigenvalue weighted by atomic mass is 32.1. The van der Waals surface area contributed by atoms with Crippen LogP contribution in [0.15, 0.2) is 52.7 Å². The van der Waals surface area contributed by atoms with E-state index in [2.05, 4.69) is 20.2 Å². The summed E-state index contributed by atoms with van der Waals surface area (Å²) in [6.45, 7) is 4.13. The number of nitrogens with zero attached hydrogens (tertiary/aromatic N) is 4. The maximum atomic E-state index is 12.4. The van der Waals surface area contributed by atoms with Gasteiger partial charge in [-0.25, -0.2) is 4.98 Å². The Morgan fingerprint density at radius 3 is 2.81 bits per heavy atom. The average molecular weight is 382 g/mol. The summed E-state index contributed by atoms with van der Waals surface area (Å²) in [4.78, 5) is 25.5. The molecule has 140 valence electrons. The minimum Gasteiger partial charge on any atom is -0.462 e.